The molecule has 2 aromatic carbocycles. The van der Waals surface area contributed by atoms with E-state index in [0.717, 1.165) is 30.9 Å². The first-order chi connectivity index (χ1) is 14.8. The van der Waals surface area contributed by atoms with E-state index in [9.17, 15) is 23.3 Å². The van der Waals surface area contributed by atoms with Crippen molar-refractivity contribution in [3.8, 4) is 0 Å². The van der Waals surface area contributed by atoms with Gasteiger partial charge in [-0.3, -0.25) is 10.1 Å². The Morgan fingerprint density at radius 3 is 2.45 bits per heavy atom. The molecule has 1 aromatic heterocycles. The number of hydrogen-bond donors (Lipinski definition) is 2. The molecule has 31 heavy (non-hydrogen) atoms. The number of unbranched alkanes of at least 4 members (excludes halogenated alkanes) is 1. The second-order valence-electron chi connectivity index (χ2n) is 6.81. The lowest BCUT2D eigenvalue weighted by molar-refractivity contribution is -0.384. The number of aromatic nitrogens is 2. The molecule has 0 bridgehead atoms. The van der Waals surface area contributed by atoms with Gasteiger partial charge in [0.05, 0.1) is 4.92 Å². The molecule has 0 unspecified atom stereocenters. The number of anilines is 4. The van der Waals surface area contributed by atoms with Crippen molar-refractivity contribution in [2.24, 2.45) is 0 Å². The van der Waals surface area contributed by atoms with Crippen LogP contribution in [0.2, 0.25) is 0 Å². The normalized spacial score (nSPS) is 11.2. The molecule has 0 atom stereocenters. The molecule has 0 saturated carbocycles. The third-order valence-corrected chi connectivity index (χ3v) is 4.44. The van der Waals surface area contributed by atoms with E-state index in [1.807, 2.05) is 12.1 Å². The molecule has 0 aliphatic carbocycles. The van der Waals surface area contributed by atoms with Crippen molar-refractivity contribution >= 4 is 28.8 Å². The van der Waals surface area contributed by atoms with E-state index in [1.165, 1.54) is 18.2 Å². The molecule has 7 nitrogen and oxygen atoms in total. The van der Waals surface area contributed by atoms with E-state index >= 15 is 0 Å². The van der Waals surface area contributed by atoms with Crippen LogP contribution in [0.25, 0.3) is 0 Å². The van der Waals surface area contributed by atoms with E-state index in [1.54, 1.807) is 12.1 Å². The first-order valence-electron chi connectivity index (χ1n) is 9.58. The summed E-state index contributed by atoms with van der Waals surface area (Å²) in [7, 11) is 0. The van der Waals surface area contributed by atoms with E-state index in [2.05, 4.69) is 27.5 Å². The maximum atomic E-state index is 13.4. The summed E-state index contributed by atoms with van der Waals surface area (Å²) in [5.41, 5.74) is 0.549. The molecule has 1 heterocycles. The van der Waals surface area contributed by atoms with Gasteiger partial charge in [0, 0.05) is 29.7 Å². The number of non-ortho nitro benzene ring substituents is 1. The molecule has 10 heteroatoms. The van der Waals surface area contributed by atoms with Crippen molar-refractivity contribution in [2.45, 2.75) is 32.4 Å². The van der Waals surface area contributed by atoms with Gasteiger partial charge in [-0.1, -0.05) is 31.5 Å². The summed E-state index contributed by atoms with van der Waals surface area (Å²) in [6, 6.07) is 12.6. The number of nitro benzene ring substituents is 1. The zero-order valence-corrected chi connectivity index (χ0v) is 16.6. The quantitative estimate of drug-likeness (QED) is 0.324. The number of hydrogen-bond acceptors (Lipinski definition) is 6. The molecule has 162 valence electrons. The minimum atomic E-state index is -4.71. The van der Waals surface area contributed by atoms with Crippen molar-refractivity contribution in [3.63, 3.8) is 0 Å². The number of nitro groups is 1. The summed E-state index contributed by atoms with van der Waals surface area (Å²) in [4.78, 5) is 18.0. The average molecular weight is 431 g/mol. The number of aryl methyl sites for hydroxylation is 1. The molecular weight excluding hydrogens is 411 g/mol. The lowest BCUT2D eigenvalue weighted by Gasteiger charge is -2.15. The summed E-state index contributed by atoms with van der Waals surface area (Å²) < 4.78 is 40.2. The Balaban J connectivity index is 1.86. The maximum absolute atomic E-state index is 13.4. The summed E-state index contributed by atoms with van der Waals surface area (Å²) in [5.74, 6) is -0.549. The molecule has 3 aromatic rings. The van der Waals surface area contributed by atoms with Crippen LogP contribution in [0, 0.1) is 10.1 Å². The Kier molecular flexibility index (Phi) is 6.68. The van der Waals surface area contributed by atoms with Gasteiger partial charge in [0.2, 0.25) is 5.95 Å². The van der Waals surface area contributed by atoms with Crippen molar-refractivity contribution in [3.05, 3.63) is 76.0 Å². The van der Waals surface area contributed by atoms with Crippen molar-refractivity contribution in [1.82, 2.24) is 9.97 Å². The topological polar surface area (TPSA) is 93.0 Å². The number of nitrogens with zero attached hydrogens (tertiary/aromatic N) is 3. The Bertz CT molecular complexity index is 1060. The smallest absolute Gasteiger partial charge is 0.339 e. The van der Waals surface area contributed by atoms with Gasteiger partial charge >= 0.3 is 6.18 Å². The number of alkyl halides is 3. The molecule has 2 N–H and O–H groups in total. The largest absolute Gasteiger partial charge is 0.421 e. The van der Waals surface area contributed by atoms with Gasteiger partial charge < -0.3 is 10.6 Å². The number of nitrogens with one attached hydrogen (secondary N) is 2. The van der Waals surface area contributed by atoms with E-state index < -0.39 is 22.5 Å². The maximum Gasteiger partial charge on any atom is 0.421 e. The highest BCUT2D eigenvalue weighted by atomic mass is 19.4. The van der Waals surface area contributed by atoms with Crippen molar-refractivity contribution in [1.29, 1.82) is 0 Å². The van der Waals surface area contributed by atoms with E-state index in [0.29, 0.717) is 11.9 Å². The third-order valence-electron chi connectivity index (χ3n) is 4.44. The van der Waals surface area contributed by atoms with Gasteiger partial charge in [-0.25, -0.2) is 4.98 Å². The Morgan fingerprint density at radius 1 is 1.06 bits per heavy atom. The van der Waals surface area contributed by atoms with Gasteiger partial charge in [-0.2, -0.15) is 18.2 Å². The third kappa shape index (κ3) is 5.91. The standard InChI is InChI=1S/C21H20F3N5O2/c1-2-3-5-14-8-10-15(11-9-14)27-20-25-13-18(21(22,23)24)19(28-20)26-16-6-4-7-17(12-16)29(30)31/h4,6-13H,2-3,5H2,1H3,(H2,25,26,27,28). The monoisotopic (exact) mass is 431 g/mol. The lowest BCUT2D eigenvalue weighted by atomic mass is 10.1. The summed E-state index contributed by atoms with van der Waals surface area (Å²) in [6.45, 7) is 2.11. The van der Waals surface area contributed by atoms with Crippen LogP contribution in [0.3, 0.4) is 0 Å². The summed E-state index contributed by atoms with van der Waals surface area (Å²) in [5, 5.41) is 16.3. The Hall–Kier alpha value is -3.69. The van der Waals surface area contributed by atoms with Crippen LogP contribution in [0.5, 0.6) is 0 Å². The summed E-state index contributed by atoms with van der Waals surface area (Å²) >= 11 is 0. The zero-order valence-electron chi connectivity index (χ0n) is 16.6. The van der Waals surface area contributed by atoms with Crippen molar-refractivity contribution < 1.29 is 18.1 Å². The predicted molar refractivity (Wildman–Crippen MR) is 112 cm³/mol. The van der Waals surface area contributed by atoms with Gasteiger partial charge in [0.25, 0.3) is 5.69 Å². The Morgan fingerprint density at radius 2 is 1.81 bits per heavy atom. The minimum absolute atomic E-state index is 0.0396. The highest BCUT2D eigenvalue weighted by Crippen LogP contribution is 2.35. The molecule has 3 rings (SSSR count). The SMILES string of the molecule is CCCCc1ccc(Nc2ncc(C(F)(F)F)c(Nc3cccc([N+](=O)[O-])c3)n2)cc1. The first-order valence-corrected chi connectivity index (χ1v) is 9.58. The van der Waals surface area contributed by atoms with Crippen LogP contribution >= 0.6 is 0 Å². The fraction of sp³-hybridized carbons (Fsp3) is 0.238. The van der Waals surface area contributed by atoms with Gasteiger partial charge in [-0.15, -0.1) is 0 Å². The first kappa shape index (κ1) is 22.0. The zero-order chi connectivity index (χ0) is 22.4. The van der Waals surface area contributed by atoms with E-state index in [-0.39, 0.29) is 17.3 Å². The van der Waals surface area contributed by atoms with Crippen LogP contribution < -0.4 is 10.6 Å². The highest BCUT2D eigenvalue weighted by molar-refractivity contribution is 5.64. The second-order valence-corrected chi connectivity index (χ2v) is 6.81. The van der Waals surface area contributed by atoms with Gasteiger partial charge in [0.15, 0.2) is 0 Å². The lowest BCUT2D eigenvalue weighted by Crippen LogP contribution is -2.12. The summed E-state index contributed by atoms with van der Waals surface area (Å²) in [6.07, 6.45) is -0.931. The Labute approximate surface area is 176 Å². The van der Waals surface area contributed by atoms with Crippen LogP contribution in [-0.2, 0) is 12.6 Å². The van der Waals surface area contributed by atoms with Crippen LogP contribution in [0.15, 0.2) is 54.7 Å². The van der Waals surface area contributed by atoms with Gasteiger partial charge in [0.1, 0.15) is 11.4 Å². The fourth-order valence-electron chi connectivity index (χ4n) is 2.84. The average Bonchev–Trinajstić information content (AvgIpc) is 2.73. The highest BCUT2D eigenvalue weighted by Gasteiger charge is 2.35. The van der Waals surface area contributed by atoms with Gasteiger partial charge in [-0.05, 0) is 36.6 Å². The number of rotatable bonds is 8. The number of benzene rings is 2. The molecule has 0 fully saturated rings. The van der Waals surface area contributed by atoms with Crippen LogP contribution in [-0.4, -0.2) is 14.9 Å². The molecule has 0 spiro atoms. The predicted octanol–water partition coefficient (Wildman–Crippen LogP) is 6.23. The van der Waals surface area contributed by atoms with E-state index in [4.69, 9.17) is 0 Å². The van der Waals surface area contributed by atoms with Crippen LogP contribution in [0.1, 0.15) is 30.9 Å². The molecule has 0 amide bonds. The van der Waals surface area contributed by atoms with Crippen LogP contribution in [0.4, 0.5) is 42.0 Å². The minimum Gasteiger partial charge on any atom is -0.339 e. The molecule has 0 aliphatic heterocycles. The fourth-order valence-corrected chi connectivity index (χ4v) is 2.84. The number of halogens is 3. The molecule has 0 saturated heterocycles. The molecular formula is C21H20F3N5O2. The second kappa shape index (κ2) is 9.41. The molecule has 0 aliphatic rings. The van der Waals surface area contributed by atoms with Crippen molar-refractivity contribution in [2.75, 3.05) is 10.6 Å². The molecule has 0 radical (unpaired) electrons.